The van der Waals surface area contributed by atoms with E-state index in [4.69, 9.17) is 15.0 Å². The van der Waals surface area contributed by atoms with Crippen molar-refractivity contribution in [1.82, 2.24) is 15.0 Å². The molecule has 0 aliphatic carbocycles. The first-order chi connectivity index (χ1) is 31.7. The van der Waals surface area contributed by atoms with Crippen molar-refractivity contribution >= 4 is 43.1 Å². The normalized spacial score (nSPS) is 11.4. The van der Waals surface area contributed by atoms with Gasteiger partial charge in [0.1, 0.15) is 0 Å². The van der Waals surface area contributed by atoms with E-state index >= 15 is 0 Å². The van der Waals surface area contributed by atoms with Gasteiger partial charge in [0.15, 0.2) is 17.5 Å². The Bertz CT molecular complexity index is 3690. The SMILES string of the molecule is c1ccc(-c2ccc(-c3nc(-c4ccc(-c5c6ccccc6c(-c6ccc7ccccc7c6)c6ccc7ccccc7c56)cc4)nc(-c4ccccc4-c4ccccc4)n3)cc2)cc1. The molecule has 298 valence electrons. The summed E-state index contributed by atoms with van der Waals surface area (Å²) in [6.45, 7) is 0. The van der Waals surface area contributed by atoms with Crippen LogP contribution in [0.25, 0.3) is 122 Å². The van der Waals surface area contributed by atoms with Gasteiger partial charge in [-0.3, -0.25) is 0 Å². The molecule has 11 aromatic carbocycles. The molecular weight excluding hydrogens is 775 g/mol. The highest BCUT2D eigenvalue weighted by Crippen LogP contribution is 2.47. The summed E-state index contributed by atoms with van der Waals surface area (Å²) in [5.41, 5.74) is 12.1. The highest BCUT2D eigenvalue weighted by atomic mass is 15.0. The van der Waals surface area contributed by atoms with Gasteiger partial charge in [-0.25, -0.2) is 15.0 Å². The Hall–Kier alpha value is -8.53. The molecule has 0 bridgehead atoms. The van der Waals surface area contributed by atoms with E-state index in [1.165, 1.54) is 65.3 Å². The average molecular weight is 814 g/mol. The highest BCUT2D eigenvalue weighted by molar-refractivity contribution is 6.28. The minimum Gasteiger partial charge on any atom is -0.208 e. The fourth-order valence-electron chi connectivity index (χ4n) is 9.43. The number of benzene rings is 11. The zero-order chi connectivity index (χ0) is 42.4. The van der Waals surface area contributed by atoms with E-state index in [1.807, 2.05) is 12.1 Å². The Morgan fingerprint density at radius 2 is 0.672 bits per heavy atom. The molecule has 12 rings (SSSR count). The van der Waals surface area contributed by atoms with Crippen molar-refractivity contribution in [2.24, 2.45) is 0 Å². The molecule has 0 aliphatic heterocycles. The molecule has 0 radical (unpaired) electrons. The van der Waals surface area contributed by atoms with Crippen LogP contribution in [0.2, 0.25) is 0 Å². The lowest BCUT2D eigenvalue weighted by Crippen LogP contribution is -2.01. The van der Waals surface area contributed by atoms with Gasteiger partial charge in [-0.1, -0.05) is 231 Å². The summed E-state index contributed by atoms with van der Waals surface area (Å²) in [6, 6.07) is 84.3. The van der Waals surface area contributed by atoms with Crippen LogP contribution in [0, 0.1) is 0 Å². The second kappa shape index (κ2) is 15.7. The van der Waals surface area contributed by atoms with Crippen LogP contribution in [-0.2, 0) is 0 Å². The quantitative estimate of drug-likeness (QED) is 0.119. The lowest BCUT2D eigenvalue weighted by molar-refractivity contribution is 1.07. The number of hydrogen-bond donors (Lipinski definition) is 0. The molecule has 1 aromatic heterocycles. The summed E-state index contributed by atoms with van der Waals surface area (Å²) in [4.78, 5) is 15.6. The summed E-state index contributed by atoms with van der Waals surface area (Å²) >= 11 is 0. The predicted octanol–water partition coefficient (Wildman–Crippen LogP) is 16.2. The van der Waals surface area contributed by atoms with E-state index in [2.05, 4.69) is 224 Å². The van der Waals surface area contributed by atoms with Crippen molar-refractivity contribution in [2.75, 3.05) is 0 Å². The van der Waals surface area contributed by atoms with Crippen molar-refractivity contribution in [3.8, 4) is 78.7 Å². The van der Waals surface area contributed by atoms with Crippen LogP contribution in [-0.4, -0.2) is 15.0 Å². The molecule has 0 atom stereocenters. The molecule has 0 aliphatic rings. The average Bonchev–Trinajstić information content (AvgIpc) is 3.38. The number of rotatable bonds is 7. The van der Waals surface area contributed by atoms with E-state index in [9.17, 15) is 0 Å². The molecule has 0 amide bonds. The van der Waals surface area contributed by atoms with Gasteiger partial charge in [-0.15, -0.1) is 0 Å². The van der Waals surface area contributed by atoms with Crippen LogP contribution >= 0.6 is 0 Å². The summed E-state index contributed by atoms with van der Waals surface area (Å²) < 4.78 is 0. The third kappa shape index (κ3) is 6.59. The Morgan fingerprint density at radius 3 is 1.36 bits per heavy atom. The predicted molar refractivity (Wildman–Crippen MR) is 268 cm³/mol. The van der Waals surface area contributed by atoms with Crippen molar-refractivity contribution in [3.05, 3.63) is 237 Å². The van der Waals surface area contributed by atoms with Gasteiger partial charge in [0, 0.05) is 16.7 Å². The first-order valence-electron chi connectivity index (χ1n) is 21.8. The molecule has 0 N–H and O–H groups in total. The minimum absolute atomic E-state index is 0.619. The van der Waals surface area contributed by atoms with Crippen molar-refractivity contribution in [2.45, 2.75) is 0 Å². The van der Waals surface area contributed by atoms with Crippen LogP contribution in [0.1, 0.15) is 0 Å². The molecule has 0 saturated heterocycles. The molecular formula is C61H39N3. The van der Waals surface area contributed by atoms with E-state index < -0.39 is 0 Å². The minimum atomic E-state index is 0.619. The van der Waals surface area contributed by atoms with Gasteiger partial charge in [-0.05, 0) is 93.7 Å². The van der Waals surface area contributed by atoms with Gasteiger partial charge < -0.3 is 0 Å². The fourth-order valence-corrected chi connectivity index (χ4v) is 9.43. The second-order valence-corrected chi connectivity index (χ2v) is 16.3. The Labute approximate surface area is 371 Å². The second-order valence-electron chi connectivity index (χ2n) is 16.3. The van der Waals surface area contributed by atoms with Gasteiger partial charge >= 0.3 is 0 Å². The Morgan fingerprint density at radius 1 is 0.219 bits per heavy atom. The van der Waals surface area contributed by atoms with Crippen LogP contribution in [0.15, 0.2) is 237 Å². The van der Waals surface area contributed by atoms with Gasteiger partial charge in [0.2, 0.25) is 0 Å². The topological polar surface area (TPSA) is 38.7 Å². The maximum atomic E-state index is 5.24. The summed E-state index contributed by atoms with van der Waals surface area (Å²) in [5.74, 6) is 1.87. The van der Waals surface area contributed by atoms with Crippen molar-refractivity contribution in [3.63, 3.8) is 0 Å². The zero-order valence-electron chi connectivity index (χ0n) is 34.9. The Kier molecular flexibility index (Phi) is 9.16. The number of fused-ring (bicyclic) bond motifs is 5. The van der Waals surface area contributed by atoms with Gasteiger partial charge in [0.05, 0.1) is 0 Å². The summed E-state index contributed by atoms with van der Waals surface area (Å²) in [7, 11) is 0. The zero-order valence-corrected chi connectivity index (χ0v) is 34.9. The number of aromatic nitrogens is 3. The molecule has 12 aromatic rings. The lowest BCUT2D eigenvalue weighted by atomic mass is 9.83. The fraction of sp³-hybridized carbons (Fsp3) is 0. The van der Waals surface area contributed by atoms with Gasteiger partial charge in [-0.2, -0.15) is 0 Å². The Balaban J connectivity index is 1.04. The molecule has 0 spiro atoms. The van der Waals surface area contributed by atoms with Crippen molar-refractivity contribution < 1.29 is 0 Å². The molecule has 0 fully saturated rings. The molecule has 1 heterocycles. The maximum Gasteiger partial charge on any atom is 0.164 e. The molecule has 3 heteroatoms. The molecule has 3 nitrogen and oxygen atoms in total. The van der Waals surface area contributed by atoms with E-state index in [-0.39, 0.29) is 0 Å². The van der Waals surface area contributed by atoms with Crippen LogP contribution in [0.5, 0.6) is 0 Å². The number of nitrogens with zero attached hydrogens (tertiary/aromatic N) is 3. The maximum absolute atomic E-state index is 5.24. The highest BCUT2D eigenvalue weighted by Gasteiger charge is 2.20. The monoisotopic (exact) mass is 813 g/mol. The molecule has 0 unspecified atom stereocenters. The smallest absolute Gasteiger partial charge is 0.164 e. The summed E-state index contributed by atoms with van der Waals surface area (Å²) in [6.07, 6.45) is 0. The van der Waals surface area contributed by atoms with Crippen LogP contribution in [0.4, 0.5) is 0 Å². The lowest BCUT2D eigenvalue weighted by Gasteiger charge is -2.20. The first kappa shape index (κ1) is 37.2. The largest absolute Gasteiger partial charge is 0.208 e. The number of hydrogen-bond acceptors (Lipinski definition) is 3. The van der Waals surface area contributed by atoms with Crippen LogP contribution < -0.4 is 0 Å². The third-order valence-electron chi connectivity index (χ3n) is 12.5. The van der Waals surface area contributed by atoms with Gasteiger partial charge in [0.25, 0.3) is 0 Å². The van der Waals surface area contributed by atoms with Crippen LogP contribution in [0.3, 0.4) is 0 Å². The molecule has 0 saturated carbocycles. The van der Waals surface area contributed by atoms with E-state index in [0.29, 0.717) is 17.5 Å². The van der Waals surface area contributed by atoms with E-state index in [1.54, 1.807) is 0 Å². The van der Waals surface area contributed by atoms with Crippen molar-refractivity contribution in [1.29, 1.82) is 0 Å². The summed E-state index contributed by atoms with van der Waals surface area (Å²) in [5, 5.41) is 9.82. The third-order valence-corrected chi connectivity index (χ3v) is 12.5. The molecule has 64 heavy (non-hydrogen) atoms. The first-order valence-corrected chi connectivity index (χ1v) is 21.8. The van der Waals surface area contributed by atoms with E-state index in [0.717, 1.165) is 38.9 Å². The standard InChI is InChI=1S/C61H39N3/c1-3-15-40(16-4-1)42-27-32-46(33-28-42)59-62-60(64-61(63-59)54-26-14-11-22-50(54)43-18-5-2-6-19-43)47-34-30-45(31-35-47)57-53-25-13-12-24-52(53)56(49-36-29-41-17-7-8-21-48(41)39-49)55-38-37-44-20-9-10-23-51(44)58(55)57/h1-39H.